The van der Waals surface area contributed by atoms with Gasteiger partial charge in [-0.1, -0.05) is 0 Å². The Bertz CT molecular complexity index is 329. The zero-order valence-electron chi connectivity index (χ0n) is 9.89. The van der Waals surface area contributed by atoms with Crippen LogP contribution in [0.3, 0.4) is 0 Å². The lowest BCUT2D eigenvalue weighted by atomic mass is 10.1. The number of nitrogens with one attached hydrogen (secondary N) is 1. The molecule has 0 aliphatic rings. The normalized spacial score (nSPS) is 11.8. The number of hydrogen-bond donors (Lipinski definition) is 1. The maximum absolute atomic E-state index is 12.9. The van der Waals surface area contributed by atoms with Gasteiger partial charge in [0.05, 0.1) is 6.20 Å². The van der Waals surface area contributed by atoms with Crippen LogP contribution in [-0.2, 0) is 6.42 Å². The van der Waals surface area contributed by atoms with E-state index in [1.165, 1.54) is 6.20 Å². The first-order chi connectivity index (χ1) is 6.88. The maximum Gasteiger partial charge on any atom is 0.141 e. The van der Waals surface area contributed by atoms with E-state index < -0.39 is 0 Å². The SMILES string of the molecule is Cc1ncc(F)cc1CCNC(C)(C)C. The number of aromatic nitrogens is 1. The molecule has 0 aliphatic carbocycles. The van der Waals surface area contributed by atoms with E-state index in [1.54, 1.807) is 6.07 Å². The summed E-state index contributed by atoms with van der Waals surface area (Å²) >= 11 is 0. The second kappa shape index (κ2) is 4.71. The van der Waals surface area contributed by atoms with Crippen LogP contribution in [0.1, 0.15) is 32.0 Å². The molecule has 0 radical (unpaired) electrons. The summed E-state index contributed by atoms with van der Waals surface area (Å²) < 4.78 is 12.9. The highest BCUT2D eigenvalue weighted by Crippen LogP contribution is 2.08. The van der Waals surface area contributed by atoms with Gasteiger partial charge < -0.3 is 5.32 Å². The van der Waals surface area contributed by atoms with E-state index in [0.29, 0.717) is 0 Å². The van der Waals surface area contributed by atoms with Crippen molar-refractivity contribution in [2.75, 3.05) is 6.54 Å². The van der Waals surface area contributed by atoms with Crippen molar-refractivity contribution >= 4 is 0 Å². The molecule has 0 saturated heterocycles. The minimum absolute atomic E-state index is 0.106. The predicted molar refractivity (Wildman–Crippen MR) is 60.4 cm³/mol. The summed E-state index contributed by atoms with van der Waals surface area (Å²) in [4.78, 5) is 3.99. The smallest absolute Gasteiger partial charge is 0.141 e. The van der Waals surface area contributed by atoms with Gasteiger partial charge in [0.2, 0.25) is 0 Å². The molecule has 0 unspecified atom stereocenters. The predicted octanol–water partition coefficient (Wildman–Crippen LogP) is 2.46. The van der Waals surface area contributed by atoms with Crippen molar-refractivity contribution in [1.29, 1.82) is 0 Å². The van der Waals surface area contributed by atoms with Crippen LogP contribution in [0.5, 0.6) is 0 Å². The fraction of sp³-hybridized carbons (Fsp3) is 0.583. The molecule has 3 heteroatoms. The third-order valence-electron chi connectivity index (χ3n) is 2.21. The van der Waals surface area contributed by atoms with Crippen molar-refractivity contribution in [3.8, 4) is 0 Å². The van der Waals surface area contributed by atoms with Crippen LogP contribution in [0.25, 0.3) is 0 Å². The quantitative estimate of drug-likeness (QED) is 0.829. The fourth-order valence-electron chi connectivity index (χ4n) is 1.37. The first-order valence-electron chi connectivity index (χ1n) is 5.24. The standard InChI is InChI=1S/C12H19FN2/c1-9-10(7-11(13)8-14-9)5-6-15-12(2,3)4/h7-8,15H,5-6H2,1-4H3. The van der Waals surface area contributed by atoms with E-state index in [4.69, 9.17) is 0 Å². The Morgan fingerprint density at radius 3 is 2.67 bits per heavy atom. The molecule has 0 fully saturated rings. The minimum atomic E-state index is -0.258. The Morgan fingerprint density at radius 1 is 1.40 bits per heavy atom. The zero-order chi connectivity index (χ0) is 11.5. The number of halogens is 1. The summed E-state index contributed by atoms with van der Waals surface area (Å²) in [6.07, 6.45) is 2.07. The van der Waals surface area contributed by atoms with E-state index in [-0.39, 0.29) is 11.4 Å². The van der Waals surface area contributed by atoms with Gasteiger partial charge in [-0.05, 0) is 52.3 Å². The Hall–Kier alpha value is -0.960. The molecule has 0 amide bonds. The van der Waals surface area contributed by atoms with Gasteiger partial charge in [0.25, 0.3) is 0 Å². The van der Waals surface area contributed by atoms with Gasteiger partial charge in [0.1, 0.15) is 5.82 Å². The molecule has 0 spiro atoms. The highest BCUT2D eigenvalue weighted by molar-refractivity contribution is 5.19. The van der Waals surface area contributed by atoms with E-state index in [1.807, 2.05) is 6.92 Å². The third kappa shape index (κ3) is 4.38. The third-order valence-corrected chi connectivity index (χ3v) is 2.21. The van der Waals surface area contributed by atoms with Crippen LogP contribution in [0, 0.1) is 12.7 Å². The van der Waals surface area contributed by atoms with E-state index in [0.717, 1.165) is 24.2 Å². The molecule has 0 aromatic carbocycles. The van der Waals surface area contributed by atoms with Crippen molar-refractivity contribution in [3.05, 3.63) is 29.3 Å². The largest absolute Gasteiger partial charge is 0.312 e. The number of rotatable bonds is 3. The summed E-state index contributed by atoms with van der Waals surface area (Å²) in [6, 6.07) is 1.56. The molecule has 1 aromatic heterocycles. The van der Waals surface area contributed by atoms with Gasteiger partial charge in [0.15, 0.2) is 0 Å². The van der Waals surface area contributed by atoms with Crippen molar-refractivity contribution in [2.24, 2.45) is 0 Å². The molecule has 0 aliphatic heterocycles. The van der Waals surface area contributed by atoms with E-state index in [9.17, 15) is 4.39 Å². The highest BCUT2D eigenvalue weighted by atomic mass is 19.1. The zero-order valence-corrected chi connectivity index (χ0v) is 9.89. The average Bonchev–Trinajstić information content (AvgIpc) is 2.09. The van der Waals surface area contributed by atoms with Crippen LogP contribution in [0.2, 0.25) is 0 Å². The van der Waals surface area contributed by atoms with Crippen LogP contribution in [0.15, 0.2) is 12.3 Å². The summed E-state index contributed by atoms with van der Waals surface area (Å²) in [5, 5.41) is 3.37. The summed E-state index contributed by atoms with van der Waals surface area (Å²) in [6.45, 7) is 9.10. The Balaban J connectivity index is 2.54. The van der Waals surface area contributed by atoms with Crippen molar-refractivity contribution < 1.29 is 4.39 Å². The van der Waals surface area contributed by atoms with Gasteiger partial charge in [-0.25, -0.2) is 4.39 Å². The fourth-order valence-corrected chi connectivity index (χ4v) is 1.37. The number of hydrogen-bond acceptors (Lipinski definition) is 2. The van der Waals surface area contributed by atoms with Crippen molar-refractivity contribution in [2.45, 2.75) is 39.7 Å². The molecule has 0 bridgehead atoms. The maximum atomic E-state index is 12.9. The van der Waals surface area contributed by atoms with Gasteiger partial charge in [-0.2, -0.15) is 0 Å². The first kappa shape index (κ1) is 12.1. The molecule has 0 saturated carbocycles. The van der Waals surface area contributed by atoms with Crippen molar-refractivity contribution in [3.63, 3.8) is 0 Å². The van der Waals surface area contributed by atoms with Gasteiger partial charge in [0, 0.05) is 11.2 Å². The number of nitrogens with zero attached hydrogens (tertiary/aromatic N) is 1. The van der Waals surface area contributed by atoms with Crippen LogP contribution >= 0.6 is 0 Å². The van der Waals surface area contributed by atoms with Crippen molar-refractivity contribution in [1.82, 2.24) is 10.3 Å². The second-order valence-electron chi connectivity index (χ2n) is 4.82. The highest BCUT2D eigenvalue weighted by Gasteiger charge is 2.08. The molecule has 15 heavy (non-hydrogen) atoms. The lowest BCUT2D eigenvalue weighted by Crippen LogP contribution is -2.37. The summed E-state index contributed by atoms with van der Waals surface area (Å²) in [5.41, 5.74) is 1.99. The summed E-state index contributed by atoms with van der Waals surface area (Å²) in [5.74, 6) is -0.258. The Labute approximate surface area is 90.9 Å². The molecule has 1 heterocycles. The van der Waals surface area contributed by atoms with Crippen LogP contribution in [0.4, 0.5) is 4.39 Å². The lowest BCUT2D eigenvalue weighted by Gasteiger charge is -2.20. The molecule has 84 valence electrons. The minimum Gasteiger partial charge on any atom is -0.312 e. The first-order valence-corrected chi connectivity index (χ1v) is 5.24. The Kier molecular flexibility index (Phi) is 3.80. The molecular formula is C12H19FN2. The number of aryl methyl sites for hydroxylation is 1. The molecular weight excluding hydrogens is 191 g/mol. The van der Waals surface area contributed by atoms with Gasteiger partial charge >= 0.3 is 0 Å². The lowest BCUT2D eigenvalue weighted by molar-refractivity contribution is 0.429. The van der Waals surface area contributed by atoms with Crippen LogP contribution in [-0.4, -0.2) is 17.1 Å². The summed E-state index contributed by atoms with van der Waals surface area (Å²) in [7, 11) is 0. The molecule has 1 rings (SSSR count). The average molecular weight is 210 g/mol. The van der Waals surface area contributed by atoms with Gasteiger partial charge in [-0.3, -0.25) is 4.98 Å². The van der Waals surface area contributed by atoms with Crippen LogP contribution < -0.4 is 5.32 Å². The molecule has 0 atom stereocenters. The molecule has 1 aromatic rings. The molecule has 1 N–H and O–H groups in total. The Morgan fingerprint density at radius 2 is 2.07 bits per heavy atom. The topological polar surface area (TPSA) is 24.9 Å². The monoisotopic (exact) mass is 210 g/mol. The number of pyridine rings is 1. The second-order valence-corrected chi connectivity index (χ2v) is 4.82. The van der Waals surface area contributed by atoms with E-state index >= 15 is 0 Å². The van der Waals surface area contributed by atoms with E-state index in [2.05, 4.69) is 31.1 Å². The molecule has 2 nitrogen and oxygen atoms in total. The van der Waals surface area contributed by atoms with Gasteiger partial charge in [-0.15, -0.1) is 0 Å².